The molecule has 0 radical (unpaired) electrons. The summed E-state index contributed by atoms with van der Waals surface area (Å²) in [4.78, 5) is 26.2. The van der Waals surface area contributed by atoms with Crippen molar-refractivity contribution in [3.63, 3.8) is 0 Å². The minimum Gasteiger partial charge on any atom is -0.353 e. The van der Waals surface area contributed by atoms with E-state index in [1.807, 2.05) is 4.90 Å². The van der Waals surface area contributed by atoms with Gasteiger partial charge < -0.3 is 10.2 Å². The van der Waals surface area contributed by atoms with Crippen molar-refractivity contribution in [3.05, 3.63) is 35.6 Å². The van der Waals surface area contributed by atoms with E-state index in [2.05, 4.69) is 5.32 Å². The molecule has 1 aromatic carbocycles. The minimum atomic E-state index is -0.294. The molecule has 0 bridgehead atoms. The van der Waals surface area contributed by atoms with E-state index in [-0.39, 0.29) is 30.1 Å². The zero-order valence-corrected chi connectivity index (χ0v) is 13.3. The van der Waals surface area contributed by atoms with Crippen LogP contribution in [-0.2, 0) is 16.0 Å². The Bertz CT molecular complexity index is 561. The fourth-order valence-corrected chi connectivity index (χ4v) is 3.22. The number of nitrogens with zero attached hydrogens (tertiary/aromatic N) is 1. The number of hydrogen-bond acceptors (Lipinski definition) is 2. The molecule has 0 aromatic heterocycles. The first-order chi connectivity index (χ1) is 11.1. The van der Waals surface area contributed by atoms with Crippen molar-refractivity contribution < 1.29 is 14.0 Å². The molecule has 3 rings (SSSR count). The van der Waals surface area contributed by atoms with Gasteiger partial charge in [0.25, 0.3) is 0 Å². The smallest absolute Gasteiger partial charge is 0.225 e. The fraction of sp³-hybridized carbons (Fsp3) is 0.556. The lowest BCUT2D eigenvalue weighted by Gasteiger charge is -2.36. The van der Waals surface area contributed by atoms with Crippen molar-refractivity contribution in [2.45, 2.75) is 44.6 Å². The summed E-state index contributed by atoms with van der Waals surface area (Å²) in [5.41, 5.74) is 0.807. The Hall–Kier alpha value is -1.91. The van der Waals surface area contributed by atoms with Crippen LogP contribution in [0.4, 0.5) is 4.39 Å². The molecule has 2 aliphatic rings. The molecule has 0 spiro atoms. The lowest BCUT2D eigenvalue weighted by Crippen LogP contribution is -2.49. The van der Waals surface area contributed by atoms with E-state index in [0.29, 0.717) is 5.91 Å². The molecule has 1 saturated heterocycles. The number of piperidine rings is 1. The van der Waals surface area contributed by atoms with Crippen molar-refractivity contribution in [2.24, 2.45) is 5.92 Å². The van der Waals surface area contributed by atoms with Gasteiger partial charge in [0.2, 0.25) is 11.8 Å². The highest BCUT2D eigenvalue weighted by Crippen LogP contribution is 2.29. The molecular weight excluding hydrogens is 295 g/mol. The van der Waals surface area contributed by atoms with E-state index in [4.69, 9.17) is 0 Å². The Balaban J connectivity index is 1.42. The summed E-state index contributed by atoms with van der Waals surface area (Å²) in [5.74, 6) is 0.213. The van der Waals surface area contributed by atoms with Crippen LogP contribution in [0.5, 0.6) is 0 Å². The van der Waals surface area contributed by atoms with Gasteiger partial charge in [0.15, 0.2) is 0 Å². The second-order valence-electron chi connectivity index (χ2n) is 6.60. The van der Waals surface area contributed by atoms with Gasteiger partial charge in [-0.05, 0) is 43.4 Å². The van der Waals surface area contributed by atoms with Gasteiger partial charge in [-0.25, -0.2) is 4.39 Å². The molecule has 23 heavy (non-hydrogen) atoms. The van der Waals surface area contributed by atoms with Crippen LogP contribution in [0.2, 0.25) is 0 Å². The zero-order valence-electron chi connectivity index (χ0n) is 13.3. The van der Waals surface area contributed by atoms with Crippen LogP contribution in [0.3, 0.4) is 0 Å². The number of benzene rings is 1. The predicted molar refractivity (Wildman–Crippen MR) is 85.2 cm³/mol. The summed E-state index contributed by atoms with van der Waals surface area (Å²) in [6.07, 6.45) is 5.13. The first-order valence-electron chi connectivity index (χ1n) is 8.44. The third kappa shape index (κ3) is 4.09. The number of likely N-dealkylation sites (tertiary alicyclic amines) is 1. The largest absolute Gasteiger partial charge is 0.353 e. The van der Waals surface area contributed by atoms with Crippen LogP contribution in [-0.4, -0.2) is 35.8 Å². The average molecular weight is 318 g/mol. The number of halogens is 1. The van der Waals surface area contributed by atoms with Crippen molar-refractivity contribution in [2.75, 3.05) is 13.1 Å². The molecule has 1 aliphatic carbocycles. The molecule has 0 unspecified atom stereocenters. The highest BCUT2D eigenvalue weighted by Gasteiger charge is 2.31. The number of carbonyl (C=O) groups is 2. The number of hydrogen-bond donors (Lipinski definition) is 1. The van der Waals surface area contributed by atoms with Gasteiger partial charge in [0.1, 0.15) is 5.82 Å². The Labute approximate surface area is 136 Å². The average Bonchev–Trinajstić information content (AvgIpc) is 2.48. The van der Waals surface area contributed by atoms with Crippen LogP contribution in [0.1, 0.15) is 37.7 Å². The zero-order chi connectivity index (χ0) is 16.2. The lowest BCUT2D eigenvalue weighted by molar-refractivity contribution is -0.139. The fourth-order valence-electron chi connectivity index (χ4n) is 3.22. The van der Waals surface area contributed by atoms with Crippen molar-refractivity contribution in [1.82, 2.24) is 10.2 Å². The molecular formula is C18H23FN2O2. The second-order valence-corrected chi connectivity index (χ2v) is 6.60. The highest BCUT2D eigenvalue weighted by molar-refractivity contribution is 5.80. The van der Waals surface area contributed by atoms with Gasteiger partial charge in [-0.3, -0.25) is 9.59 Å². The molecule has 1 heterocycles. The summed E-state index contributed by atoms with van der Waals surface area (Å²) in [5, 5.41) is 3.03. The Morgan fingerprint density at radius 2 is 1.74 bits per heavy atom. The summed E-state index contributed by atoms with van der Waals surface area (Å²) < 4.78 is 12.9. The van der Waals surface area contributed by atoms with Crippen LogP contribution < -0.4 is 5.32 Å². The lowest BCUT2D eigenvalue weighted by atomic mass is 9.84. The topological polar surface area (TPSA) is 49.4 Å². The van der Waals surface area contributed by atoms with E-state index >= 15 is 0 Å². The van der Waals surface area contributed by atoms with E-state index in [0.717, 1.165) is 44.3 Å². The maximum atomic E-state index is 12.9. The summed E-state index contributed by atoms with van der Waals surface area (Å²) in [6.45, 7) is 1.47. The number of rotatable bonds is 4. The van der Waals surface area contributed by atoms with Gasteiger partial charge >= 0.3 is 0 Å². The quantitative estimate of drug-likeness (QED) is 0.926. The number of nitrogens with one attached hydrogen (secondary N) is 1. The summed E-state index contributed by atoms with van der Waals surface area (Å²) in [6, 6.07) is 6.14. The van der Waals surface area contributed by atoms with Crippen molar-refractivity contribution in [3.8, 4) is 0 Å². The van der Waals surface area contributed by atoms with Crippen LogP contribution in [0, 0.1) is 11.7 Å². The minimum absolute atomic E-state index is 0.0413. The molecule has 2 fully saturated rings. The molecule has 1 saturated carbocycles. The first-order valence-corrected chi connectivity index (χ1v) is 8.44. The number of carbonyl (C=O) groups excluding carboxylic acids is 2. The van der Waals surface area contributed by atoms with Gasteiger partial charge in [-0.15, -0.1) is 0 Å². The third-order valence-electron chi connectivity index (χ3n) is 4.90. The molecule has 4 nitrogen and oxygen atoms in total. The molecule has 124 valence electrons. The molecule has 0 atom stereocenters. The van der Waals surface area contributed by atoms with E-state index < -0.39 is 0 Å². The van der Waals surface area contributed by atoms with E-state index in [1.54, 1.807) is 12.1 Å². The van der Waals surface area contributed by atoms with Crippen molar-refractivity contribution >= 4 is 11.8 Å². The van der Waals surface area contributed by atoms with Crippen LogP contribution >= 0.6 is 0 Å². The monoisotopic (exact) mass is 318 g/mol. The first kappa shape index (κ1) is 16.0. The summed E-state index contributed by atoms with van der Waals surface area (Å²) in [7, 11) is 0. The van der Waals surface area contributed by atoms with E-state index in [1.165, 1.54) is 18.6 Å². The molecule has 1 aromatic rings. The van der Waals surface area contributed by atoms with Gasteiger partial charge in [-0.2, -0.15) is 0 Å². The van der Waals surface area contributed by atoms with Gasteiger partial charge in [-0.1, -0.05) is 18.6 Å². The van der Waals surface area contributed by atoms with E-state index in [9.17, 15) is 14.0 Å². The van der Waals surface area contributed by atoms with Crippen LogP contribution in [0.25, 0.3) is 0 Å². The second kappa shape index (κ2) is 7.11. The maximum Gasteiger partial charge on any atom is 0.225 e. The standard InChI is InChI=1S/C18H23FN2O2/c19-15-6-4-13(5-7-15)12-17(22)20-16-8-10-21(11-9-16)18(23)14-2-1-3-14/h4-7,14,16H,1-3,8-12H2,(H,20,22). The summed E-state index contributed by atoms with van der Waals surface area (Å²) >= 11 is 0. The predicted octanol–water partition coefficient (Wildman–Crippen LogP) is 2.28. The normalized spacial score (nSPS) is 19.3. The number of amides is 2. The Kier molecular flexibility index (Phi) is 4.94. The van der Waals surface area contributed by atoms with Gasteiger partial charge in [0, 0.05) is 25.0 Å². The molecule has 1 aliphatic heterocycles. The van der Waals surface area contributed by atoms with Crippen molar-refractivity contribution in [1.29, 1.82) is 0 Å². The molecule has 2 amide bonds. The van der Waals surface area contributed by atoms with Gasteiger partial charge in [0.05, 0.1) is 6.42 Å². The van der Waals surface area contributed by atoms with Crippen LogP contribution in [0.15, 0.2) is 24.3 Å². The highest BCUT2D eigenvalue weighted by atomic mass is 19.1. The Morgan fingerprint density at radius 1 is 1.09 bits per heavy atom. The Morgan fingerprint density at radius 3 is 2.30 bits per heavy atom. The maximum absolute atomic E-state index is 12.9. The molecule has 1 N–H and O–H groups in total. The molecule has 5 heteroatoms. The SMILES string of the molecule is O=C(Cc1ccc(F)cc1)NC1CCN(C(=O)C2CCC2)CC1. The third-order valence-corrected chi connectivity index (χ3v) is 4.90.